The maximum absolute atomic E-state index is 12.8. The molecular formula is C31H30Cl2F3N7O3S. The van der Waals surface area contributed by atoms with Gasteiger partial charge in [0.15, 0.2) is 0 Å². The van der Waals surface area contributed by atoms with Crippen molar-refractivity contribution in [2.24, 2.45) is 5.10 Å². The molecule has 0 unspecified atom stereocenters. The van der Waals surface area contributed by atoms with E-state index in [1.807, 2.05) is 17.5 Å². The van der Waals surface area contributed by atoms with Crippen molar-refractivity contribution in [2.45, 2.75) is 12.7 Å². The number of hydrogen-bond acceptors (Lipinski definition) is 8. The topological polar surface area (TPSA) is 122 Å². The van der Waals surface area contributed by atoms with Gasteiger partial charge in [0, 0.05) is 54.9 Å². The Balaban J connectivity index is 0.00000500. The number of hydrogen-bond donors (Lipinski definition) is 4. The molecular weight excluding hydrogens is 678 g/mol. The summed E-state index contributed by atoms with van der Waals surface area (Å²) in [5, 5.41) is 21.4. The van der Waals surface area contributed by atoms with Crippen LogP contribution < -0.4 is 16.1 Å². The molecule has 3 amide bonds. The number of amides is 3. The zero-order valence-electron chi connectivity index (χ0n) is 24.6. The van der Waals surface area contributed by atoms with Crippen LogP contribution in [0.4, 0.5) is 29.3 Å². The lowest BCUT2D eigenvalue weighted by atomic mass is 10.2. The maximum atomic E-state index is 12.8. The van der Waals surface area contributed by atoms with Crippen molar-refractivity contribution in [1.82, 2.24) is 20.2 Å². The van der Waals surface area contributed by atoms with E-state index < -0.39 is 17.8 Å². The Morgan fingerprint density at radius 1 is 1.00 bits per heavy atom. The van der Waals surface area contributed by atoms with Gasteiger partial charge in [-0.25, -0.2) is 15.2 Å². The molecule has 248 valence electrons. The summed E-state index contributed by atoms with van der Waals surface area (Å²) in [5.74, 6) is -0.138. The van der Waals surface area contributed by atoms with E-state index in [-0.39, 0.29) is 41.3 Å². The van der Waals surface area contributed by atoms with Crippen LogP contribution in [0.25, 0.3) is 10.6 Å². The van der Waals surface area contributed by atoms with Crippen molar-refractivity contribution in [3.8, 4) is 16.3 Å². The van der Waals surface area contributed by atoms with Crippen molar-refractivity contribution in [3.05, 3.63) is 94.0 Å². The first-order valence-corrected chi connectivity index (χ1v) is 15.3. The molecule has 2 heterocycles. The number of benzene rings is 3. The maximum Gasteiger partial charge on any atom is 0.416 e. The number of rotatable bonds is 9. The number of aromatic hydroxyl groups is 1. The second-order valence-corrected chi connectivity index (χ2v) is 11.7. The fourth-order valence-corrected chi connectivity index (χ4v) is 5.67. The molecule has 0 bridgehead atoms. The molecule has 1 aliphatic rings. The smallest absolute Gasteiger partial charge is 0.416 e. The number of halogens is 5. The van der Waals surface area contributed by atoms with Gasteiger partial charge in [-0.05, 0) is 54.6 Å². The van der Waals surface area contributed by atoms with E-state index in [1.54, 1.807) is 36.4 Å². The fraction of sp³-hybridized carbons (Fsp3) is 0.226. The van der Waals surface area contributed by atoms with Crippen LogP contribution in [0.15, 0.2) is 77.2 Å². The summed E-state index contributed by atoms with van der Waals surface area (Å²) in [4.78, 5) is 33.8. The van der Waals surface area contributed by atoms with Crippen molar-refractivity contribution in [1.29, 1.82) is 0 Å². The lowest BCUT2D eigenvalue weighted by Gasteiger charge is -2.33. The minimum absolute atomic E-state index is 0. The van der Waals surface area contributed by atoms with E-state index in [0.29, 0.717) is 17.8 Å². The number of para-hydroxylation sites is 1. The molecule has 0 aliphatic carbocycles. The summed E-state index contributed by atoms with van der Waals surface area (Å²) in [5.41, 5.74) is 4.45. The number of hydrazone groups is 1. The predicted octanol–water partition coefficient (Wildman–Crippen LogP) is 6.52. The van der Waals surface area contributed by atoms with E-state index in [9.17, 15) is 27.9 Å². The molecule has 16 heteroatoms. The molecule has 10 nitrogen and oxygen atoms in total. The van der Waals surface area contributed by atoms with Crippen molar-refractivity contribution < 1.29 is 27.9 Å². The number of carbonyl (C=O) groups is 2. The third-order valence-corrected chi connectivity index (χ3v) is 8.29. The molecule has 0 saturated carbocycles. The Hall–Kier alpha value is -4.21. The van der Waals surface area contributed by atoms with Crippen LogP contribution in [0.5, 0.6) is 5.75 Å². The van der Waals surface area contributed by atoms with Gasteiger partial charge in [-0.3, -0.25) is 14.6 Å². The molecule has 4 aromatic rings. The summed E-state index contributed by atoms with van der Waals surface area (Å²) in [6.07, 6.45) is -3.13. The van der Waals surface area contributed by atoms with E-state index in [2.05, 4.69) is 31.0 Å². The number of phenolic OH excluding ortho intramolecular Hbond substituents is 1. The number of alkyl halides is 3. The van der Waals surface area contributed by atoms with Gasteiger partial charge >= 0.3 is 12.2 Å². The van der Waals surface area contributed by atoms with Gasteiger partial charge in [0.1, 0.15) is 10.8 Å². The van der Waals surface area contributed by atoms with E-state index in [4.69, 9.17) is 16.6 Å². The van der Waals surface area contributed by atoms with Gasteiger partial charge < -0.3 is 15.7 Å². The number of urea groups is 1. The first-order chi connectivity index (χ1) is 22.0. The minimum atomic E-state index is -4.53. The average molecular weight is 709 g/mol. The molecule has 1 aromatic heterocycles. The fourth-order valence-electron chi connectivity index (χ4n) is 4.63. The number of nitrogens with one attached hydrogen (secondary N) is 3. The van der Waals surface area contributed by atoms with Gasteiger partial charge in [-0.1, -0.05) is 23.7 Å². The Morgan fingerprint density at radius 2 is 1.70 bits per heavy atom. The van der Waals surface area contributed by atoms with Gasteiger partial charge in [0.25, 0.3) is 5.91 Å². The Morgan fingerprint density at radius 3 is 2.38 bits per heavy atom. The van der Waals surface area contributed by atoms with Crippen LogP contribution in [0.1, 0.15) is 16.8 Å². The van der Waals surface area contributed by atoms with Gasteiger partial charge in [-0.2, -0.15) is 18.3 Å². The number of nitrogens with zero attached hydrogens (tertiary/aromatic N) is 4. The van der Waals surface area contributed by atoms with Crippen molar-refractivity contribution in [2.75, 3.05) is 43.4 Å². The van der Waals surface area contributed by atoms with Crippen LogP contribution in [0.2, 0.25) is 5.02 Å². The number of thiazole rings is 1. The van der Waals surface area contributed by atoms with Crippen molar-refractivity contribution in [3.63, 3.8) is 0 Å². The van der Waals surface area contributed by atoms with Crippen LogP contribution in [0.3, 0.4) is 0 Å². The molecule has 4 N–H and O–H groups in total. The van der Waals surface area contributed by atoms with Crippen LogP contribution >= 0.6 is 35.3 Å². The third kappa shape index (κ3) is 10.1. The van der Waals surface area contributed by atoms with Crippen LogP contribution in [-0.2, 0) is 17.5 Å². The summed E-state index contributed by atoms with van der Waals surface area (Å²) >= 11 is 7.42. The average Bonchev–Trinajstić information content (AvgIpc) is 3.48. The number of phenols is 1. The Labute approximate surface area is 283 Å². The highest BCUT2D eigenvalue weighted by Gasteiger charge is 2.31. The summed E-state index contributed by atoms with van der Waals surface area (Å²) in [6.45, 7) is 3.90. The van der Waals surface area contributed by atoms with Gasteiger partial charge in [0.05, 0.1) is 34.7 Å². The molecule has 47 heavy (non-hydrogen) atoms. The molecule has 1 saturated heterocycles. The highest BCUT2D eigenvalue weighted by molar-refractivity contribution is 7.13. The number of aromatic nitrogens is 1. The zero-order chi connectivity index (χ0) is 32.7. The molecule has 0 radical (unpaired) electrons. The quantitative estimate of drug-likeness (QED) is 0.116. The Kier molecular flexibility index (Phi) is 12.2. The SMILES string of the molecule is Cl.O=C(CN1CCN(Cc2csc(-c3ccc(NC(=O)Nc4ccc(C(F)(F)F)cc4Cl)cc3)n2)CC1)N/N=C/c1ccccc1O. The second-order valence-electron chi connectivity index (χ2n) is 10.4. The summed E-state index contributed by atoms with van der Waals surface area (Å²) < 4.78 is 38.5. The third-order valence-electron chi connectivity index (χ3n) is 7.03. The van der Waals surface area contributed by atoms with Gasteiger partial charge in [0.2, 0.25) is 0 Å². The van der Waals surface area contributed by atoms with Crippen LogP contribution in [0, 0.1) is 0 Å². The monoisotopic (exact) mass is 707 g/mol. The molecule has 0 spiro atoms. The minimum Gasteiger partial charge on any atom is -0.507 e. The first-order valence-electron chi connectivity index (χ1n) is 14.1. The first kappa shape index (κ1) is 35.6. The Bertz CT molecular complexity index is 1710. The lowest BCUT2D eigenvalue weighted by Crippen LogP contribution is -2.48. The molecule has 5 rings (SSSR count). The molecule has 3 aromatic carbocycles. The number of piperazine rings is 1. The van der Waals surface area contributed by atoms with Crippen molar-refractivity contribution >= 4 is 64.9 Å². The van der Waals surface area contributed by atoms with Crippen LogP contribution in [-0.4, -0.2) is 70.8 Å². The standard InChI is InChI=1S/C31H29ClF3N7O3S.ClH/c32-25-15-22(31(33,34)35)7-10-26(25)39-30(45)38-23-8-5-20(6-9-23)29-37-24(19-46-29)17-41-11-13-42(14-12-41)18-28(44)40-36-16-21-3-1-2-4-27(21)43;/h1-10,15-16,19,43H,11-14,17-18H2,(H,40,44)(H2,38,39,45);1H/b36-16+;. The van der Waals surface area contributed by atoms with Gasteiger partial charge in [-0.15, -0.1) is 23.7 Å². The lowest BCUT2D eigenvalue weighted by molar-refractivity contribution is -0.137. The number of carbonyl (C=O) groups excluding carboxylic acids is 2. The highest BCUT2D eigenvalue weighted by Crippen LogP contribution is 2.34. The van der Waals surface area contributed by atoms with E-state index in [0.717, 1.165) is 60.6 Å². The molecule has 1 aliphatic heterocycles. The second kappa shape index (κ2) is 16.1. The number of anilines is 2. The molecule has 0 atom stereocenters. The normalized spacial score (nSPS) is 14.0. The van der Waals surface area contributed by atoms with E-state index in [1.165, 1.54) is 17.6 Å². The highest BCUT2D eigenvalue weighted by atomic mass is 35.5. The summed E-state index contributed by atoms with van der Waals surface area (Å²) in [6, 6.07) is 15.8. The zero-order valence-corrected chi connectivity index (χ0v) is 27.0. The summed E-state index contributed by atoms with van der Waals surface area (Å²) in [7, 11) is 0. The predicted molar refractivity (Wildman–Crippen MR) is 179 cm³/mol. The van der Waals surface area contributed by atoms with E-state index >= 15 is 0 Å². The molecule has 1 fully saturated rings. The largest absolute Gasteiger partial charge is 0.507 e.